The Kier molecular flexibility index (Phi) is 5.42. The highest BCUT2D eigenvalue weighted by molar-refractivity contribution is 5.75. The zero-order chi connectivity index (χ0) is 16.3. The van der Waals surface area contributed by atoms with Gasteiger partial charge in [0.1, 0.15) is 11.8 Å². The molecular formula is C17H26N2O3. The van der Waals surface area contributed by atoms with Crippen molar-refractivity contribution in [3.63, 3.8) is 0 Å². The van der Waals surface area contributed by atoms with Gasteiger partial charge in [0.25, 0.3) is 0 Å². The van der Waals surface area contributed by atoms with Gasteiger partial charge in [-0.05, 0) is 30.5 Å². The third-order valence-corrected chi connectivity index (χ3v) is 4.18. The zero-order valence-corrected chi connectivity index (χ0v) is 13.6. The number of phenols is 1. The number of carbonyl (C=O) groups is 1. The summed E-state index contributed by atoms with van der Waals surface area (Å²) in [4.78, 5) is 16.2. The Bertz CT molecular complexity index is 518. The molecular weight excluding hydrogens is 280 g/mol. The summed E-state index contributed by atoms with van der Waals surface area (Å²) >= 11 is 0. The number of benzene rings is 1. The second-order valence-electron chi connectivity index (χ2n) is 6.57. The van der Waals surface area contributed by atoms with Gasteiger partial charge in [0.05, 0.1) is 0 Å². The minimum atomic E-state index is -0.866. The molecule has 0 aromatic heterocycles. The minimum absolute atomic E-state index is 0.107. The molecule has 0 saturated carbocycles. The Labute approximate surface area is 132 Å². The molecule has 1 aromatic carbocycles. The summed E-state index contributed by atoms with van der Waals surface area (Å²) in [5.41, 5.74) is 0.636. The fourth-order valence-corrected chi connectivity index (χ4v) is 3.20. The molecule has 0 amide bonds. The maximum Gasteiger partial charge on any atom is 0.325 e. The number of aromatic hydroxyl groups is 1. The van der Waals surface area contributed by atoms with Gasteiger partial charge in [-0.25, -0.2) is 0 Å². The lowest BCUT2D eigenvalue weighted by atomic mass is 10.0. The quantitative estimate of drug-likeness (QED) is 0.873. The summed E-state index contributed by atoms with van der Waals surface area (Å²) in [6.07, 6.45) is 0. The first-order valence-corrected chi connectivity index (χ1v) is 7.88. The summed E-state index contributed by atoms with van der Waals surface area (Å²) in [5, 5.41) is 19.2. The second kappa shape index (κ2) is 7.11. The lowest BCUT2D eigenvalue weighted by Gasteiger charge is -2.42. The molecule has 1 fully saturated rings. The van der Waals surface area contributed by atoms with E-state index in [9.17, 15) is 15.0 Å². The van der Waals surface area contributed by atoms with Crippen molar-refractivity contribution in [1.29, 1.82) is 0 Å². The molecule has 1 aliphatic heterocycles. The highest BCUT2D eigenvalue weighted by atomic mass is 16.4. The summed E-state index contributed by atoms with van der Waals surface area (Å²) in [5.74, 6) is -0.152. The fraction of sp³-hybridized carbons (Fsp3) is 0.588. The van der Waals surface area contributed by atoms with E-state index in [2.05, 4.69) is 25.7 Å². The average molecular weight is 306 g/mol. The van der Waals surface area contributed by atoms with Crippen LogP contribution in [0.4, 0.5) is 0 Å². The predicted octanol–water partition coefficient (Wildman–Crippen LogP) is 2.18. The number of aliphatic carboxylic acids is 1. The van der Waals surface area contributed by atoms with Crippen molar-refractivity contribution in [2.24, 2.45) is 5.92 Å². The number of rotatable bonds is 5. The second-order valence-corrected chi connectivity index (χ2v) is 6.57. The van der Waals surface area contributed by atoms with Crippen LogP contribution >= 0.6 is 0 Å². The van der Waals surface area contributed by atoms with Crippen LogP contribution in [0, 0.1) is 5.92 Å². The van der Waals surface area contributed by atoms with Gasteiger partial charge in [-0.2, -0.15) is 0 Å². The van der Waals surface area contributed by atoms with E-state index in [0.29, 0.717) is 17.5 Å². The molecule has 2 atom stereocenters. The van der Waals surface area contributed by atoms with Crippen LogP contribution in [0.5, 0.6) is 5.75 Å². The van der Waals surface area contributed by atoms with E-state index in [-0.39, 0.29) is 5.75 Å². The summed E-state index contributed by atoms with van der Waals surface area (Å²) < 4.78 is 0. The zero-order valence-electron chi connectivity index (χ0n) is 13.6. The molecule has 1 saturated heterocycles. The lowest BCUT2D eigenvalue weighted by molar-refractivity contribution is -0.145. The van der Waals surface area contributed by atoms with Crippen LogP contribution in [-0.2, 0) is 4.79 Å². The van der Waals surface area contributed by atoms with Crippen molar-refractivity contribution in [2.75, 3.05) is 26.2 Å². The number of nitrogens with zero attached hydrogens (tertiary/aromatic N) is 2. The minimum Gasteiger partial charge on any atom is -0.508 e. The normalized spacial score (nSPS) is 21.9. The Morgan fingerprint density at radius 1 is 1.36 bits per heavy atom. The summed E-state index contributed by atoms with van der Waals surface area (Å²) in [6.45, 7) is 9.91. The van der Waals surface area contributed by atoms with Crippen molar-refractivity contribution < 1.29 is 15.0 Å². The lowest BCUT2D eigenvalue weighted by Crippen LogP contribution is -2.54. The number of hydrogen-bond acceptors (Lipinski definition) is 4. The Morgan fingerprint density at radius 3 is 2.64 bits per heavy atom. The van der Waals surface area contributed by atoms with Crippen molar-refractivity contribution in [3.8, 4) is 5.75 Å². The molecule has 2 unspecified atom stereocenters. The number of carboxylic acid groups (broad SMARTS) is 1. The Hall–Kier alpha value is -1.59. The molecule has 1 aliphatic rings. The van der Waals surface area contributed by atoms with E-state index in [4.69, 9.17) is 0 Å². The molecule has 0 spiro atoms. The largest absolute Gasteiger partial charge is 0.508 e. The van der Waals surface area contributed by atoms with E-state index in [0.717, 1.165) is 26.2 Å². The van der Waals surface area contributed by atoms with Crippen LogP contribution in [0.1, 0.15) is 32.4 Å². The third-order valence-electron chi connectivity index (χ3n) is 4.18. The average Bonchev–Trinajstić information content (AvgIpc) is 2.41. The maximum atomic E-state index is 11.7. The summed E-state index contributed by atoms with van der Waals surface area (Å²) in [6, 6.07) is 6.20. The van der Waals surface area contributed by atoms with E-state index in [1.807, 2.05) is 4.90 Å². The maximum absolute atomic E-state index is 11.7. The van der Waals surface area contributed by atoms with Gasteiger partial charge < -0.3 is 10.2 Å². The number of hydrogen-bond donors (Lipinski definition) is 2. The first-order valence-electron chi connectivity index (χ1n) is 7.88. The van der Waals surface area contributed by atoms with Crippen LogP contribution in [0.25, 0.3) is 0 Å². The molecule has 2 rings (SSSR count). The molecule has 0 bridgehead atoms. The van der Waals surface area contributed by atoms with Crippen LogP contribution in [0.3, 0.4) is 0 Å². The Balaban J connectivity index is 2.13. The summed E-state index contributed by atoms with van der Waals surface area (Å²) in [7, 11) is 0. The molecule has 5 heteroatoms. The SMILES string of the molecule is CC(C)CN1CCN(C(C(=O)O)c2cccc(O)c2)CC1C. The molecule has 0 radical (unpaired) electrons. The van der Waals surface area contributed by atoms with E-state index in [1.165, 1.54) is 0 Å². The monoisotopic (exact) mass is 306 g/mol. The van der Waals surface area contributed by atoms with Crippen molar-refractivity contribution in [3.05, 3.63) is 29.8 Å². The number of carboxylic acids is 1. The van der Waals surface area contributed by atoms with Crippen molar-refractivity contribution in [1.82, 2.24) is 9.80 Å². The molecule has 1 aromatic rings. The highest BCUT2D eigenvalue weighted by Crippen LogP contribution is 2.27. The van der Waals surface area contributed by atoms with E-state index in [1.54, 1.807) is 24.3 Å². The predicted molar refractivity (Wildman–Crippen MR) is 85.9 cm³/mol. The van der Waals surface area contributed by atoms with Gasteiger partial charge in [-0.3, -0.25) is 14.6 Å². The van der Waals surface area contributed by atoms with Crippen molar-refractivity contribution in [2.45, 2.75) is 32.9 Å². The van der Waals surface area contributed by atoms with E-state index < -0.39 is 12.0 Å². The number of phenolic OH excluding ortho intramolecular Hbond substituents is 1. The molecule has 0 aliphatic carbocycles. The van der Waals surface area contributed by atoms with Gasteiger partial charge in [-0.1, -0.05) is 26.0 Å². The van der Waals surface area contributed by atoms with Gasteiger partial charge in [0.2, 0.25) is 0 Å². The van der Waals surface area contributed by atoms with Gasteiger partial charge >= 0.3 is 5.97 Å². The fourth-order valence-electron chi connectivity index (χ4n) is 3.20. The molecule has 22 heavy (non-hydrogen) atoms. The molecule has 2 N–H and O–H groups in total. The first-order chi connectivity index (χ1) is 10.4. The molecule has 5 nitrogen and oxygen atoms in total. The number of piperazine rings is 1. The highest BCUT2D eigenvalue weighted by Gasteiger charge is 2.33. The van der Waals surface area contributed by atoms with E-state index >= 15 is 0 Å². The standard InChI is InChI=1S/C17H26N2O3/c1-12(2)10-18-7-8-19(11-13(18)3)16(17(21)22)14-5-4-6-15(20)9-14/h4-6,9,12-13,16,20H,7-8,10-11H2,1-3H3,(H,21,22). The topological polar surface area (TPSA) is 64.0 Å². The van der Waals surface area contributed by atoms with Crippen molar-refractivity contribution >= 4 is 5.97 Å². The van der Waals surface area contributed by atoms with Crippen LogP contribution in [0.15, 0.2) is 24.3 Å². The van der Waals surface area contributed by atoms with Gasteiger partial charge in [0.15, 0.2) is 0 Å². The first kappa shape index (κ1) is 16.8. The van der Waals surface area contributed by atoms with Gasteiger partial charge in [0, 0.05) is 32.2 Å². The molecule has 122 valence electrons. The van der Waals surface area contributed by atoms with Crippen LogP contribution in [0.2, 0.25) is 0 Å². The third kappa shape index (κ3) is 3.99. The van der Waals surface area contributed by atoms with Crippen LogP contribution in [-0.4, -0.2) is 58.2 Å². The Morgan fingerprint density at radius 2 is 2.09 bits per heavy atom. The smallest absolute Gasteiger partial charge is 0.325 e. The van der Waals surface area contributed by atoms with Gasteiger partial charge in [-0.15, -0.1) is 0 Å². The molecule has 1 heterocycles. The van der Waals surface area contributed by atoms with Crippen LogP contribution < -0.4 is 0 Å².